The molecule has 2 heteroatoms. The van der Waals surface area contributed by atoms with Crippen molar-refractivity contribution in [3.05, 3.63) is 0 Å². The summed E-state index contributed by atoms with van der Waals surface area (Å²) in [5, 5.41) is 0. The summed E-state index contributed by atoms with van der Waals surface area (Å²) in [6, 6.07) is 0. The zero-order chi connectivity index (χ0) is 17.1. The fourth-order valence-electron chi connectivity index (χ4n) is 2.84. The minimum atomic E-state index is -0.360. The Kier molecular flexibility index (Phi) is 11.5. The summed E-state index contributed by atoms with van der Waals surface area (Å²) >= 11 is 0. The third-order valence-corrected chi connectivity index (χ3v) is 4.35. The van der Waals surface area contributed by atoms with E-state index in [0.29, 0.717) is 0 Å². The molecule has 0 saturated heterocycles. The number of hydrogen-bond donors (Lipinski definition) is 0. The van der Waals surface area contributed by atoms with Gasteiger partial charge in [0, 0.05) is 11.8 Å². The van der Waals surface area contributed by atoms with Crippen molar-refractivity contribution in [3.8, 4) is 0 Å². The second-order valence-electron chi connectivity index (χ2n) is 7.76. The zero-order valence-electron chi connectivity index (χ0n) is 15.8. The number of rotatable bonds is 13. The standard InChI is InChI=1S/C20H38O2/c1-15(2)13-11-9-7-8-10-12-14-18(19(21)16(3)4)20(22)17(5)6/h15-18H,7-14H2,1-6H3. The van der Waals surface area contributed by atoms with Gasteiger partial charge in [-0.25, -0.2) is 0 Å². The summed E-state index contributed by atoms with van der Waals surface area (Å²) in [4.78, 5) is 24.5. The van der Waals surface area contributed by atoms with Crippen LogP contribution in [0.15, 0.2) is 0 Å². The van der Waals surface area contributed by atoms with E-state index in [1.807, 2.05) is 27.7 Å². The van der Waals surface area contributed by atoms with Crippen LogP contribution in [0, 0.1) is 23.7 Å². The molecule has 0 aliphatic carbocycles. The van der Waals surface area contributed by atoms with Crippen LogP contribution in [0.3, 0.4) is 0 Å². The average Bonchev–Trinajstić information content (AvgIpc) is 2.43. The molecule has 0 radical (unpaired) electrons. The molecule has 0 fully saturated rings. The van der Waals surface area contributed by atoms with Crippen molar-refractivity contribution in [1.82, 2.24) is 0 Å². The van der Waals surface area contributed by atoms with E-state index >= 15 is 0 Å². The molecule has 0 spiro atoms. The second kappa shape index (κ2) is 11.8. The summed E-state index contributed by atoms with van der Waals surface area (Å²) in [5.41, 5.74) is 0. The van der Waals surface area contributed by atoms with Crippen molar-refractivity contribution >= 4 is 11.6 Å². The highest BCUT2D eigenvalue weighted by molar-refractivity contribution is 6.03. The Morgan fingerprint density at radius 1 is 0.591 bits per heavy atom. The molecular weight excluding hydrogens is 272 g/mol. The Hall–Kier alpha value is -0.660. The summed E-state index contributed by atoms with van der Waals surface area (Å²) in [6.07, 6.45) is 9.40. The lowest BCUT2D eigenvalue weighted by molar-refractivity contribution is -0.136. The van der Waals surface area contributed by atoms with Gasteiger partial charge in [-0.3, -0.25) is 9.59 Å². The van der Waals surface area contributed by atoms with Crippen LogP contribution < -0.4 is 0 Å². The third kappa shape index (κ3) is 9.38. The van der Waals surface area contributed by atoms with Gasteiger partial charge in [0.25, 0.3) is 0 Å². The summed E-state index contributed by atoms with van der Waals surface area (Å²) in [7, 11) is 0. The molecular formula is C20H38O2. The molecule has 0 atom stereocenters. The van der Waals surface area contributed by atoms with Gasteiger partial charge in [-0.15, -0.1) is 0 Å². The zero-order valence-corrected chi connectivity index (χ0v) is 15.8. The van der Waals surface area contributed by atoms with Crippen LogP contribution in [0.4, 0.5) is 0 Å². The first-order valence-corrected chi connectivity index (χ1v) is 9.34. The molecule has 130 valence electrons. The minimum absolute atomic E-state index is 0.0382. The predicted octanol–water partition coefficient (Wildman–Crippen LogP) is 5.83. The predicted molar refractivity (Wildman–Crippen MR) is 95.0 cm³/mol. The molecule has 0 saturated carbocycles. The van der Waals surface area contributed by atoms with E-state index in [1.165, 1.54) is 32.1 Å². The van der Waals surface area contributed by atoms with Gasteiger partial charge in [-0.1, -0.05) is 86.5 Å². The van der Waals surface area contributed by atoms with Crippen molar-refractivity contribution in [1.29, 1.82) is 0 Å². The number of hydrogen-bond acceptors (Lipinski definition) is 2. The average molecular weight is 311 g/mol. The monoisotopic (exact) mass is 310 g/mol. The van der Waals surface area contributed by atoms with Gasteiger partial charge in [0.1, 0.15) is 11.6 Å². The highest BCUT2D eigenvalue weighted by atomic mass is 16.2. The maximum absolute atomic E-state index is 12.2. The number of carbonyl (C=O) groups is 2. The van der Waals surface area contributed by atoms with Gasteiger partial charge >= 0.3 is 0 Å². The molecule has 0 aliphatic rings. The van der Waals surface area contributed by atoms with Crippen molar-refractivity contribution in [2.45, 2.75) is 92.9 Å². The van der Waals surface area contributed by atoms with Crippen molar-refractivity contribution in [2.75, 3.05) is 0 Å². The van der Waals surface area contributed by atoms with Crippen molar-refractivity contribution in [3.63, 3.8) is 0 Å². The number of ketones is 2. The largest absolute Gasteiger partial charge is 0.299 e. The molecule has 0 bridgehead atoms. The van der Waals surface area contributed by atoms with Crippen LogP contribution in [0.1, 0.15) is 92.9 Å². The summed E-state index contributed by atoms with van der Waals surface area (Å²) in [6.45, 7) is 12.2. The fraction of sp³-hybridized carbons (Fsp3) is 0.900. The van der Waals surface area contributed by atoms with Crippen LogP contribution in [0.5, 0.6) is 0 Å². The lowest BCUT2D eigenvalue weighted by Gasteiger charge is -2.18. The number of carbonyl (C=O) groups excluding carboxylic acids is 2. The molecule has 22 heavy (non-hydrogen) atoms. The Morgan fingerprint density at radius 3 is 1.32 bits per heavy atom. The van der Waals surface area contributed by atoms with Gasteiger partial charge in [0.15, 0.2) is 0 Å². The molecule has 0 unspecified atom stereocenters. The van der Waals surface area contributed by atoms with Crippen LogP contribution >= 0.6 is 0 Å². The highest BCUT2D eigenvalue weighted by Gasteiger charge is 2.29. The van der Waals surface area contributed by atoms with Gasteiger partial charge in [-0.2, -0.15) is 0 Å². The molecule has 0 rings (SSSR count). The van der Waals surface area contributed by atoms with Crippen molar-refractivity contribution in [2.24, 2.45) is 23.7 Å². The fourth-order valence-corrected chi connectivity index (χ4v) is 2.84. The van der Waals surface area contributed by atoms with Crippen molar-refractivity contribution < 1.29 is 9.59 Å². The lowest BCUT2D eigenvalue weighted by Crippen LogP contribution is -2.30. The van der Waals surface area contributed by atoms with Gasteiger partial charge in [0.05, 0.1) is 5.92 Å². The van der Waals surface area contributed by atoms with E-state index in [9.17, 15) is 9.59 Å². The third-order valence-electron chi connectivity index (χ3n) is 4.35. The molecule has 0 N–H and O–H groups in total. The number of Topliss-reactive ketones (excluding diaryl/α,β-unsaturated/α-hetero) is 2. The van der Waals surface area contributed by atoms with Crippen LogP contribution in [0.2, 0.25) is 0 Å². The van der Waals surface area contributed by atoms with Crippen LogP contribution in [0.25, 0.3) is 0 Å². The van der Waals surface area contributed by atoms with E-state index < -0.39 is 0 Å². The first kappa shape index (κ1) is 21.3. The normalized spacial score (nSPS) is 11.9. The molecule has 0 heterocycles. The first-order valence-electron chi connectivity index (χ1n) is 9.34. The maximum Gasteiger partial charge on any atom is 0.145 e. The molecule has 0 aromatic rings. The molecule has 0 aliphatic heterocycles. The van der Waals surface area contributed by atoms with E-state index in [1.54, 1.807) is 0 Å². The maximum atomic E-state index is 12.2. The molecule has 2 nitrogen and oxygen atoms in total. The summed E-state index contributed by atoms with van der Waals surface area (Å²) in [5.74, 6) is 0.643. The Morgan fingerprint density at radius 2 is 0.955 bits per heavy atom. The molecule has 0 amide bonds. The lowest BCUT2D eigenvalue weighted by atomic mass is 9.83. The topological polar surface area (TPSA) is 34.1 Å². The van der Waals surface area contributed by atoms with E-state index in [4.69, 9.17) is 0 Å². The number of unbranched alkanes of at least 4 members (excludes halogenated alkanes) is 5. The second-order valence-corrected chi connectivity index (χ2v) is 7.76. The Labute approximate surface area is 138 Å². The molecule has 0 aromatic heterocycles. The first-order chi connectivity index (χ1) is 10.3. The van der Waals surface area contributed by atoms with Gasteiger partial charge in [-0.05, 0) is 12.3 Å². The highest BCUT2D eigenvalue weighted by Crippen LogP contribution is 2.21. The van der Waals surface area contributed by atoms with Gasteiger partial charge in [0.2, 0.25) is 0 Å². The van der Waals surface area contributed by atoms with Crippen LogP contribution in [-0.2, 0) is 9.59 Å². The van der Waals surface area contributed by atoms with Gasteiger partial charge < -0.3 is 0 Å². The Balaban J connectivity index is 4.00. The quantitative estimate of drug-likeness (QED) is 0.317. The smallest absolute Gasteiger partial charge is 0.145 e. The summed E-state index contributed by atoms with van der Waals surface area (Å²) < 4.78 is 0. The SMILES string of the molecule is CC(C)CCCCCCCCC(C(=O)C(C)C)C(=O)C(C)C. The van der Waals surface area contributed by atoms with E-state index in [-0.39, 0.29) is 29.3 Å². The molecule has 0 aromatic carbocycles. The Bertz CT molecular complexity index is 296. The minimum Gasteiger partial charge on any atom is -0.299 e. The van der Waals surface area contributed by atoms with E-state index in [0.717, 1.165) is 25.2 Å². The van der Waals surface area contributed by atoms with E-state index in [2.05, 4.69) is 13.8 Å². The van der Waals surface area contributed by atoms with Crippen LogP contribution in [-0.4, -0.2) is 11.6 Å².